The van der Waals surface area contributed by atoms with Crippen molar-refractivity contribution in [3.05, 3.63) is 57.9 Å². The van der Waals surface area contributed by atoms with Gasteiger partial charge in [-0.15, -0.1) is 0 Å². The van der Waals surface area contributed by atoms with E-state index in [1.165, 1.54) is 12.3 Å². The van der Waals surface area contributed by atoms with Crippen LogP contribution in [-0.2, 0) is 0 Å². The van der Waals surface area contributed by atoms with E-state index in [4.69, 9.17) is 4.42 Å². The van der Waals surface area contributed by atoms with E-state index in [0.29, 0.717) is 27.7 Å². The molecule has 0 saturated carbocycles. The van der Waals surface area contributed by atoms with E-state index in [1.54, 1.807) is 38.1 Å². The maximum absolute atomic E-state index is 12.6. The molecule has 4 heteroatoms. The second-order valence-electron chi connectivity index (χ2n) is 5.07. The number of aryl methyl sites for hydroxylation is 2. The molecule has 4 nitrogen and oxygen atoms in total. The number of fused-ring (bicyclic) bond motifs is 1. The van der Waals surface area contributed by atoms with E-state index in [-0.39, 0.29) is 16.9 Å². The fourth-order valence-corrected chi connectivity index (χ4v) is 2.30. The first kappa shape index (κ1) is 13.2. The molecule has 0 aliphatic heterocycles. The summed E-state index contributed by atoms with van der Waals surface area (Å²) in [6, 6.07) is 8.07. The van der Waals surface area contributed by atoms with Gasteiger partial charge in [0.2, 0.25) is 5.43 Å². The molecular weight excluding hydrogens is 268 g/mol. The Kier molecular flexibility index (Phi) is 2.94. The number of phenols is 2. The quantitative estimate of drug-likeness (QED) is 0.716. The summed E-state index contributed by atoms with van der Waals surface area (Å²) < 4.78 is 5.52. The lowest BCUT2D eigenvalue weighted by molar-refractivity contribution is 0.469. The summed E-state index contributed by atoms with van der Waals surface area (Å²) in [6.45, 7) is 3.48. The Morgan fingerprint density at radius 1 is 1.00 bits per heavy atom. The molecule has 0 spiro atoms. The van der Waals surface area contributed by atoms with Gasteiger partial charge < -0.3 is 14.6 Å². The van der Waals surface area contributed by atoms with Crippen molar-refractivity contribution in [3.63, 3.8) is 0 Å². The topological polar surface area (TPSA) is 70.7 Å². The Balaban J connectivity index is 2.30. The zero-order valence-electron chi connectivity index (χ0n) is 11.7. The van der Waals surface area contributed by atoms with Crippen LogP contribution in [0.3, 0.4) is 0 Å². The second-order valence-corrected chi connectivity index (χ2v) is 5.07. The fourth-order valence-electron chi connectivity index (χ4n) is 2.30. The standard InChI is InChI=1S/C17H14O4/c1-9-3-4-11(7-15(9)19)13-8-21-17-10(2)14(18)6-5-12(17)16(13)20/h3-8,18-19H,1-2H3. The van der Waals surface area contributed by atoms with Crippen molar-refractivity contribution in [3.8, 4) is 22.6 Å². The van der Waals surface area contributed by atoms with Crippen LogP contribution in [0.1, 0.15) is 11.1 Å². The van der Waals surface area contributed by atoms with Crippen LogP contribution in [0.4, 0.5) is 0 Å². The molecule has 0 amide bonds. The maximum atomic E-state index is 12.6. The van der Waals surface area contributed by atoms with Gasteiger partial charge in [0.1, 0.15) is 23.3 Å². The van der Waals surface area contributed by atoms with E-state index in [0.717, 1.165) is 5.56 Å². The second kappa shape index (κ2) is 4.66. The highest BCUT2D eigenvalue weighted by atomic mass is 16.3. The average Bonchev–Trinajstić information content (AvgIpc) is 2.47. The molecule has 0 unspecified atom stereocenters. The van der Waals surface area contributed by atoms with Crippen molar-refractivity contribution in [1.82, 2.24) is 0 Å². The Labute approximate surface area is 120 Å². The lowest BCUT2D eigenvalue weighted by atomic mass is 10.0. The molecule has 106 valence electrons. The highest BCUT2D eigenvalue weighted by Gasteiger charge is 2.13. The number of aromatic hydroxyl groups is 2. The van der Waals surface area contributed by atoms with Crippen molar-refractivity contribution in [1.29, 1.82) is 0 Å². The van der Waals surface area contributed by atoms with Crippen molar-refractivity contribution in [2.75, 3.05) is 0 Å². The Morgan fingerprint density at radius 3 is 2.48 bits per heavy atom. The molecule has 0 atom stereocenters. The van der Waals surface area contributed by atoms with Crippen LogP contribution in [0.25, 0.3) is 22.1 Å². The van der Waals surface area contributed by atoms with Crippen LogP contribution in [0.5, 0.6) is 11.5 Å². The first-order chi connectivity index (χ1) is 9.99. The van der Waals surface area contributed by atoms with Crippen LogP contribution in [0, 0.1) is 13.8 Å². The van der Waals surface area contributed by atoms with E-state index >= 15 is 0 Å². The van der Waals surface area contributed by atoms with E-state index in [1.807, 2.05) is 0 Å². The third-order valence-corrected chi connectivity index (χ3v) is 3.68. The van der Waals surface area contributed by atoms with E-state index in [2.05, 4.69) is 0 Å². The van der Waals surface area contributed by atoms with Gasteiger partial charge in [-0.1, -0.05) is 12.1 Å². The molecule has 21 heavy (non-hydrogen) atoms. The van der Waals surface area contributed by atoms with Gasteiger partial charge in [0.05, 0.1) is 10.9 Å². The maximum Gasteiger partial charge on any atom is 0.200 e. The Bertz CT molecular complexity index is 907. The SMILES string of the molecule is Cc1ccc(-c2coc3c(C)c(O)ccc3c2=O)cc1O. The molecular formula is C17H14O4. The molecule has 3 aromatic rings. The van der Waals surface area contributed by atoms with Gasteiger partial charge in [0.25, 0.3) is 0 Å². The Morgan fingerprint density at radius 2 is 1.76 bits per heavy atom. The van der Waals surface area contributed by atoms with Crippen LogP contribution in [0.15, 0.2) is 45.8 Å². The molecule has 0 aliphatic rings. The molecule has 0 bridgehead atoms. The number of hydrogen-bond acceptors (Lipinski definition) is 4. The van der Waals surface area contributed by atoms with E-state index < -0.39 is 0 Å². The zero-order chi connectivity index (χ0) is 15.1. The highest BCUT2D eigenvalue weighted by molar-refractivity contribution is 5.85. The van der Waals surface area contributed by atoms with Gasteiger partial charge >= 0.3 is 0 Å². The summed E-state index contributed by atoms with van der Waals surface area (Å²) in [7, 11) is 0. The summed E-state index contributed by atoms with van der Waals surface area (Å²) in [4.78, 5) is 12.6. The average molecular weight is 282 g/mol. The summed E-state index contributed by atoms with van der Waals surface area (Å²) in [5, 5.41) is 19.9. The van der Waals surface area contributed by atoms with Crippen LogP contribution in [-0.4, -0.2) is 10.2 Å². The van der Waals surface area contributed by atoms with Crippen molar-refractivity contribution < 1.29 is 14.6 Å². The summed E-state index contributed by atoms with van der Waals surface area (Å²) in [5.41, 5.74) is 2.43. The van der Waals surface area contributed by atoms with Gasteiger partial charge in [-0.2, -0.15) is 0 Å². The summed E-state index contributed by atoms with van der Waals surface area (Å²) in [6.07, 6.45) is 1.36. The summed E-state index contributed by atoms with van der Waals surface area (Å²) >= 11 is 0. The molecule has 2 aromatic carbocycles. The number of rotatable bonds is 1. The van der Waals surface area contributed by atoms with E-state index in [9.17, 15) is 15.0 Å². The molecule has 1 heterocycles. The lowest BCUT2D eigenvalue weighted by Crippen LogP contribution is -2.05. The van der Waals surface area contributed by atoms with Gasteiger partial charge in [-0.3, -0.25) is 4.79 Å². The monoisotopic (exact) mass is 282 g/mol. The third-order valence-electron chi connectivity index (χ3n) is 3.68. The normalized spacial score (nSPS) is 11.0. The summed E-state index contributed by atoms with van der Waals surface area (Å²) in [5.74, 6) is 0.222. The molecule has 1 aromatic heterocycles. The molecule has 0 fully saturated rings. The minimum absolute atomic E-state index is 0.0892. The van der Waals surface area contributed by atoms with Crippen LogP contribution < -0.4 is 5.43 Å². The smallest absolute Gasteiger partial charge is 0.200 e. The van der Waals surface area contributed by atoms with Crippen LogP contribution in [0.2, 0.25) is 0 Å². The van der Waals surface area contributed by atoms with Gasteiger partial charge in [-0.25, -0.2) is 0 Å². The number of hydrogen-bond donors (Lipinski definition) is 2. The van der Waals surface area contributed by atoms with Gasteiger partial charge in [0, 0.05) is 5.56 Å². The third kappa shape index (κ3) is 2.05. The molecule has 0 aliphatic carbocycles. The van der Waals surface area contributed by atoms with Crippen molar-refractivity contribution >= 4 is 11.0 Å². The van der Waals surface area contributed by atoms with Gasteiger partial charge in [0.15, 0.2) is 0 Å². The predicted octanol–water partition coefficient (Wildman–Crippen LogP) is 3.49. The Hall–Kier alpha value is -2.75. The first-order valence-electron chi connectivity index (χ1n) is 6.53. The molecule has 3 rings (SSSR count). The fraction of sp³-hybridized carbons (Fsp3) is 0.118. The first-order valence-corrected chi connectivity index (χ1v) is 6.53. The van der Waals surface area contributed by atoms with Gasteiger partial charge in [-0.05, 0) is 43.2 Å². The van der Waals surface area contributed by atoms with Crippen LogP contribution >= 0.6 is 0 Å². The molecule has 2 N–H and O–H groups in total. The minimum Gasteiger partial charge on any atom is -0.508 e. The number of benzene rings is 2. The molecule has 0 saturated heterocycles. The van der Waals surface area contributed by atoms with Crippen molar-refractivity contribution in [2.24, 2.45) is 0 Å². The largest absolute Gasteiger partial charge is 0.508 e. The predicted molar refractivity (Wildman–Crippen MR) is 80.7 cm³/mol. The minimum atomic E-state index is -0.192. The molecule has 0 radical (unpaired) electrons. The number of phenolic OH excluding ortho intramolecular Hbond substituents is 2. The highest BCUT2D eigenvalue weighted by Crippen LogP contribution is 2.28. The lowest BCUT2D eigenvalue weighted by Gasteiger charge is -2.07. The zero-order valence-corrected chi connectivity index (χ0v) is 11.7. The van der Waals surface area contributed by atoms with Crippen molar-refractivity contribution in [2.45, 2.75) is 13.8 Å².